The minimum Gasteiger partial charge on any atom is -0.353 e. The highest BCUT2D eigenvalue weighted by molar-refractivity contribution is 5.83. The maximum atomic E-state index is 12.6. The summed E-state index contributed by atoms with van der Waals surface area (Å²) in [5.41, 5.74) is 0. The van der Waals surface area contributed by atoms with Gasteiger partial charge >= 0.3 is 0 Å². The van der Waals surface area contributed by atoms with Crippen molar-refractivity contribution in [2.75, 3.05) is 13.1 Å². The standard InChI is InChI=1S/C19H30N2O2/c22-18(20-17-11-16(17)13-5-2-1-3-6-13)15-7-4-10-21(12-15)19(23)14-8-9-14/h13-17H,1-12H2,(H,20,22)/t15-,16-,17-/m1/s1. The van der Waals surface area contributed by atoms with Gasteiger partial charge in [0.1, 0.15) is 0 Å². The molecule has 0 aromatic carbocycles. The van der Waals surface area contributed by atoms with Crippen LogP contribution >= 0.6 is 0 Å². The van der Waals surface area contributed by atoms with E-state index in [2.05, 4.69) is 5.32 Å². The molecule has 2 amide bonds. The fourth-order valence-corrected chi connectivity index (χ4v) is 4.74. The fraction of sp³-hybridized carbons (Fsp3) is 0.895. The Kier molecular flexibility index (Phi) is 4.33. The summed E-state index contributed by atoms with van der Waals surface area (Å²) in [5.74, 6) is 2.41. The molecule has 0 spiro atoms. The molecule has 4 rings (SSSR count). The normalized spacial score (nSPS) is 35.0. The molecule has 1 aliphatic heterocycles. The topological polar surface area (TPSA) is 49.4 Å². The van der Waals surface area contributed by atoms with Crippen molar-refractivity contribution in [2.45, 2.75) is 70.3 Å². The lowest BCUT2D eigenvalue weighted by atomic mass is 9.85. The van der Waals surface area contributed by atoms with Gasteiger partial charge in [0, 0.05) is 25.0 Å². The van der Waals surface area contributed by atoms with E-state index in [9.17, 15) is 9.59 Å². The van der Waals surface area contributed by atoms with Gasteiger partial charge in [0.25, 0.3) is 0 Å². The predicted molar refractivity (Wildman–Crippen MR) is 88.6 cm³/mol. The van der Waals surface area contributed by atoms with Crippen LogP contribution in [0.4, 0.5) is 0 Å². The van der Waals surface area contributed by atoms with Crippen molar-refractivity contribution < 1.29 is 9.59 Å². The first-order chi connectivity index (χ1) is 11.2. The van der Waals surface area contributed by atoms with Crippen LogP contribution in [-0.2, 0) is 9.59 Å². The van der Waals surface area contributed by atoms with E-state index in [0.29, 0.717) is 18.5 Å². The number of likely N-dealkylation sites (tertiary alicyclic amines) is 1. The molecule has 3 saturated carbocycles. The summed E-state index contributed by atoms with van der Waals surface area (Å²) in [4.78, 5) is 26.8. The molecule has 0 unspecified atom stereocenters. The Morgan fingerprint density at radius 3 is 2.39 bits per heavy atom. The number of carbonyl (C=O) groups is 2. The van der Waals surface area contributed by atoms with Crippen molar-refractivity contribution in [3.63, 3.8) is 0 Å². The van der Waals surface area contributed by atoms with Crippen LogP contribution < -0.4 is 5.32 Å². The first-order valence-electron chi connectivity index (χ1n) is 9.81. The van der Waals surface area contributed by atoms with E-state index < -0.39 is 0 Å². The zero-order valence-corrected chi connectivity index (χ0v) is 14.1. The van der Waals surface area contributed by atoms with Crippen LogP contribution in [0.1, 0.15) is 64.2 Å². The lowest BCUT2D eigenvalue weighted by molar-refractivity contribution is -0.136. The number of piperidine rings is 1. The second-order valence-electron chi connectivity index (χ2n) is 8.31. The van der Waals surface area contributed by atoms with Crippen LogP contribution in [0, 0.1) is 23.7 Å². The molecule has 1 heterocycles. The van der Waals surface area contributed by atoms with Crippen LogP contribution in [0.5, 0.6) is 0 Å². The van der Waals surface area contributed by atoms with Gasteiger partial charge in [-0.2, -0.15) is 0 Å². The molecule has 3 aliphatic carbocycles. The zero-order chi connectivity index (χ0) is 15.8. The molecule has 3 atom stereocenters. The molecule has 0 radical (unpaired) electrons. The van der Waals surface area contributed by atoms with Gasteiger partial charge in [-0.05, 0) is 43.9 Å². The third-order valence-electron chi connectivity index (χ3n) is 6.45. The van der Waals surface area contributed by atoms with Gasteiger partial charge in [-0.3, -0.25) is 9.59 Å². The van der Waals surface area contributed by atoms with Crippen molar-refractivity contribution in [1.82, 2.24) is 10.2 Å². The van der Waals surface area contributed by atoms with Crippen LogP contribution in [0.15, 0.2) is 0 Å². The van der Waals surface area contributed by atoms with E-state index in [-0.39, 0.29) is 17.7 Å². The highest BCUT2D eigenvalue weighted by atomic mass is 16.2. The largest absolute Gasteiger partial charge is 0.353 e. The first kappa shape index (κ1) is 15.5. The Morgan fingerprint density at radius 1 is 0.870 bits per heavy atom. The summed E-state index contributed by atoms with van der Waals surface area (Å²) >= 11 is 0. The molecule has 4 nitrogen and oxygen atoms in total. The van der Waals surface area contributed by atoms with Crippen molar-refractivity contribution in [2.24, 2.45) is 23.7 Å². The number of carbonyl (C=O) groups excluding carboxylic acids is 2. The Morgan fingerprint density at radius 2 is 1.65 bits per heavy atom. The van der Waals surface area contributed by atoms with Gasteiger partial charge in [-0.15, -0.1) is 0 Å². The van der Waals surface area contributed by atoms with Crippen LogP contribution in [0.2, 0.25) is 0 Å². The van der Waals surface area contributed by atoms with Crippen molar-refractivity contribution >= 4 is 11.8 Å². The molecule has 23 heavy (non-hydrogen) atoms. The predicted octanol–water partition coefficient (Wildman–Crippen LogP) is 2.72. The number of rotatable bonds is 4. The Balaban J connectivity index is 1.25. The van der Waals surface area contributed by atoms with Crippen molar-refractivity contribution in [1.29, 1.82) is 0 Å². The van der Waals surface area contributed by atoms with Gasteiger partial charge in [-0.25, -0.2) is 0 Å². The van der Waals surface area contributed by atoms with E-state index in [1.807, 2.05) is 4.90 Å². The van der Waals surface area contributed by atoms with Crippen LogP contribution in [0.25, 0.3) is 0 Å². The van der Waals surface area contributed by atoms with Gasteiger partial charge in [0.15, 0.2) is 0 Å². The quantitative estimate of drug-likeness (QED) is 0.866. The highest BCUT2D eigenvalue weighted by Crippen LogP contribution is 2.44. The summed E-state index contributed by atoms with van der Waals surface area (Å²) in [7, 11) is 0. The zero-order valence-electron chi connectivity index (χ0n) is 14.1. The van der Waals surface area contributed by atoms with E-state index in [1.165, 1.54) is 38.5 Å². The molecule has 4 fully saturated rings. The van der Waals surface area contributed by atoms with E-state index in [4.69, 9.17) is 0 Å². The minimum absolute atomic E-state index is 0.0269. The molecule has 0 bridgehead atoms. The van der Waals surface area contributed by atoms with Gasteiger partial charge < -0.3 is 10.2 Å². The monoisotopic (exact) mass is 318 g/mol. The Bertz CT molecular complexity index is 468. The molecular formula is C19H30N2O2. The number of amides is 2. The average molecular weight is 318 g/mol. The summed E-state index contributed by atoms with van der Waals surface area (Å²) in [5, 5.41) is 3.30. The lowest BCUT2D eigenvalue weighted by Gasteiger charge is -2.32. The van der Waals surface area contributed by atoms with E-state index in [1.54, 1.807) is 0 Å². The van der Waals surface area contributed by atoms with Gasteiger partial charge in [0.2, 0.25) is 11.8 Å². The summed E-state index contributed by atoms with van der Waals surface area (Å²) in [6.07, 6.45) is 12.1. The summed E-state index contributed by atoms with van der Waals surface area (Å²) in [6, 6.07) is 0.431. The molecular weight excluding hydrogens is 288 g/mol. The maximum absolute atomic E-state index is 12.6. The third kappa shape index (κ3) is 3.56. The third-order valence-corrected chi connectivity index (χ3v) is 6.45. The van der Waals surface area contributed by atoms with Crippen LogP contribution in [0.3, 0.4) is 0 Å². The maximum Gasteiger partial charge on any atom is 0.225 e. The molecule has 0 aromatic rings. The van der Waals surface area contributed by atoms with Crippen LogP contribution in [-0.4, -0.2) is 35.8 Å². The summed E-state index contributed by atoms with van der Waals surface area (Å²) in [6.45, 7) is 1.51. The second-order valence-corrected chi connectivity index (χ2v) is 8.31. The number of nitrogens with zero attached hydrogens (tertiary/aromatic N) is 1. The molecule has 1 saturated heterocycles. The first-order valence-corrected chi connectivity index (χ1v) is 9.81. The number of nitrogens with one attached hydrogen (secondary N) is 1. The average Bonchev–Trinajstić information content (AvgIpc) is 3.49. The molecule has 4 aliphatic rings. The molecule has 0 aromatic heterocycles. The molecule has 4 heteroatoms. The van der Waals surface area contributed by atoms with E-state index >= 15 is 0 Å². The van der Waals surface area contributed by atoms with E-state index in [0.717, 1.165) is 44.1 Å². The fourth-order valence-electron chi connectivity index (χ4n) is 4.74. The van der Waals surface area contributed by atoms with Gasteiger partial charge in [-0.1, -0.05) is 32.1 Å². The van der Waals surface area contributed by atoms with Crippen molar-refractivity contribution in [3.05, 3.63) is 0 Å². The minimum atomic E-state index is 0.0269. The number of hydrogen-bond donors (Lipinski definition) is 1. The Hall–Kier alpha value is -1.06. The molecule has 128 valence electrons. The number of hydrogen-bond acceptors (Lipinski definition) is 2. The Labute approximate surface area is 139 Å². The second kappa shape index (κ2) is 6.45. The smallest absolute Gasteiger partial charge is 0.225 e. The highest BCUT2D eigenvalue weighted by Gasteiger charge is 2.45. The molecule has 1 N–H and O–H groups in total. The lowest BCUT2D eigenvalue weighted by Crippen LogP contribution is -2.46. The SMILES string of the molecule is O=C(N[C@@H]1C[C@@H]1C1CCCCC1)[C@@H]1CCCN(C(=O)C2CC2)C1. The van der Waals surface area contributed by atoms with Gasteiger partial charge in [0.05, 0.1) is 5.92 Å². The summed E-state index contributed by atoms with van der Waals surface area (Å²) < 4.78 is 0. The van der Waals surface area contributed by atoms with Crippen molar-refractivity contribution in [3.8, 4) is 0 Å².